The summed E-state index contributed by atoms with van der Waals surface area (Å²) in [5.74, 6) is -0.212. The van der Waals surface area contributed by atoms with Crippen molar-refractivity contribution in [3.63, 3.8) is 0 Å². The molecular weight excluding hydrogens is 311 g/mol. The third-order valence-corrected chi connectivity index (χ3v) is 4.10. The van der Waals surface area contributed by atoms with Crippen LogP contribution in [0.2, 0.25) is 0 Å². The largest absolute Gasteiger partial charge is 0.379 e. The first-order valence-corrected chi connectivity index (χ1v) is 7.44. The number of halogens is 2. The van der Waals surface area contributed by atoms with Gasteiger partial charge in [-0.2, -0.15) is 0 Å². The normalized spacial score (nSPS) is 18.5. The molecule has 0 saturated carbocycles. The van der Waals surface area contributed by atoms with Crippen LogP contribution < -0.4 is 5.32 Å². The van der Waals surface area contributed by atoms with Gasteiger partial charge >= 0.3 is 0 Å². The van der Waals surface area contributed by atoms with Crippen molar-refractivity contribution < 1.29 is 9.13 Å². The molecule has 1 saturated heterocycles. The number of nitrogens with one attached hydrogen (secondary N) is 1. The minimum Gasteiger partial charge on any atom is -0.379 e. The lowest BCUT2D eigenvalue weighted by atomic mass is 10.1. The third kappa shape index (κ3) is 4.53. The van der Waals surface area contributed by atoms with E-state index < -0.39 is 0 Å². The molecule has 1 atom stereocenters. The van der Waals surface area contributed by atoms with Gasteiger partial charge in [0.2, 0.25) is 0 Å². The molecule has 2 rings (SSSR count). The molecule has 5 heteroatoms. The molecule has 19 heavy (non-hydrogen) atoms. The number of rotatable bonds is 5. The fourth-order valence-corrected chi connectivity index (χ4v) is 2.92. The number of ether oxygens (including phenoxy) is 1. The van der Waals surface area contributed by atoms with E-state index in [0.717, 1.165) is 49.4 Å². The summed E-state index contributed by atoms with van der Waals surface area (Å²) < 4.78 is 19.2. The monoisotopic (exact) mass is 330 g/mol. The highest BCUT2D eigenvalue weighted by Gasteiger charge is 2.12. The van der Waals surface area contributed by atoms with Gasteiger partial charge in [-0.1, -0.05) is 22.0 Å². The van der Waals surface area contributed by atoms with E-state index in [4.69, 9.17) is 4.74 Å². The Balaban J connectivity index is 1.78. The van der Waals surface area contributed by atoms with Crippen LogP contribution in [0.15, 0.2) is 22.7 Å². The van der Waals surface area contributed by atoms with E-state index in [9.17, 15) is 4.39 Å². The number of nitrogens with zero attached hydrogens (tertiary/aromatic N) is 1. The highest BCUT2D eigenvalue weighted by Crippen LogP contribution is 2.23. The van der Waals surface area contributed by atoms with Crippen LogP contribution in [0.3, 0.4) is 0 Å². The van der Waals surface area contributed by atoms with Crippen LogP contribution in [0.25, 0.3) is 0 Å². The average Bonchev–Trinajstić information content (AvgIpc) is 2.39. The van der Waals surface area contributed by atoms with Gasteiger partial charge in [0.25, 0.3) is 0 Å². The lowest BCUT2D eigenvalue weighted by molar-refractivity contribution is 0.0382. The first-order valence-electron chi connectivity index (χ1n) is 6.65. The quantitative estimate of drug-likeness (QED) is 0.898. The van der Waals surface area contributed by atoms with Gasteiger partial charge in [0.15, 0.2) is 0 Å². The summed E-state index contributed by atoms with van der Waals surface area (Å²) in [5, 5.41) is 3.47. The summed E-state index contributed by atoms with van der Waals surface area (Å²) in [6.07, 6.45) is 0. The Morgan fingerprint density at radius 3 is 2.84 bits per heavy atom. The lowest BCUT2D eigenvalue weighted by Gasteiger charge is -2.27. The molecule has 1 aliphatic rings. The summed E-state index contributed by atoms with van der Waals surface area (Å²) in [7, 11) is 0. The fourth-order valence-electron chi connectivity index (χ4n) is 2.23. The highest BCUT2D eigenvalue weighted by molar-refractivity contribution is 9.10. The molecule has 1 aromatic carbocycles. The Kier molecular flexibility index (Phi) is 5.76. The van der Waals surface area contributed by atoms with Gasteiger partial charge in [0.1, 0.15) is 5.82 Å². The van der Waals surface area contributed by atoms with Gasteiger partial charge in [-0.25, -0.2) is 4.39 Å². The minimum atomic E-state index is -0.212. The van der Waals surface area contributed by atoms with Crippen molar-refractivity contribution in [1.29, 1.82) is 0 Å². The molecule has 0 radical (unpaired) electrons. The second-order valence-electron chi connectivity index (χ2n) is 4.80. The maximum absolute atomic E-state index is 13.0. The smallest absolute Gasteiger partial charge is 0.124 e. The highest BCUT2D eigenvalue weighted by atomic mass is 79.9. The van der Waals surface area contributed by atoms with Crippen LogP contribution in [-0.4, -0.2) is 44.3 Å². The fraction of sp³-hybridized carbons (Fsp3) is 0.571. The van der Waals surface area contributed by atoms with Crippen molar-refractivity contribution in [1.82, 2.24) is 10.2 Å². The van der Waals surface area contributed by atoms with Crippen LogP contribution in [-0.2, 0) is 4.74 Å². The zero-order valence-corrected chi connectivity index (χ0v) is 12.7. The molecular formula is C14H20BrFN2O. The molecule has 0 amide bonds. The maximum atomic E-state index is 13.0. The number of hydrogen-bond acceptors (Lipinski definition) is 3. The molecule has 1 aromatic rings. The first kappa shape index (κ1) is 14.9. The number of morpholine rings is 1. The van der Waals surface area contributed by atoms with E-state index in [-0.39, 0.29) is 11.9 Å². The van der Waals surface area contributed by atoms with Crippen LogP contribution in [0, 0.1) is 5.82 Å². The Hall–Kier alpha value is -0.490. The standard InChI is InChI=1S/C14H20BrFN2O/c1-11(13-3-2-12(16)10-14(13)15)17-4-5-18-6-8-19-9-7-18/h2-3,10-11,17H,4-9H2,1H3. The van der Waals surface area contributed by atoms with Crippen molar-refractivity contribution in [3.8, 4) is 0 Å². The Labute approximate surface area is 122 Å². The predicted molar refractivity (Wildman–Crippen MR) is 77.8 cm³/mol. The first-order chi connectivity index (χ1) is 9.16. The van der Waals surface area contributed by atoms with E-state index in [1.165, 1.54) is 12.1 Å². The van der Waals surface area contributed by atoms with Crippen molar-refractivity contribution in [2.75, 3.05) is 39.4 Å². The molecule has 0 spiro atoms. The second kappa shape index (κ2) is 7.33. The zero-order chi connectivity index (χ0) is 13.7. The molecule has 1 heterocycles. The van der Waals surface area contributed by atoms with E-state index in [0.29, 0.717) is 0 Å². The SMILES string of the molecule is CC(NCCN1CCOCC1)c1ccc(F)cc1Br. The average molecular weight is 331 g/mol. The zero-order valence-electron chi connectivity index (χ0n) is 11.2. The summed E-state index contributed by atoms with van der Waals surface area (Å²) in [5.41, 5.74) is 1.09. The van der Waals surface area contributed by atoms with Crippen LogP contribution in [0.4, 0.5) is 4.39 Å². The Bertz CT molecular complexity index is 410. The van der Waals surface area contributed by atoms with Crippen molar-refractivity contribution in [2.45, 2.75) is 13.0 Å². The molecule has 1 unspecified atom stereocenters. The number of benzene rings is 1. The second-order valence-corrected chi connectivity index (χ2v) is 5.65. The van der Waals surface area contributed by atoms with E-state index in [1.807, 2.05) is 6.07 Å². The Morgan fingerprint density at radius 1 is 1.42 bits per heavy atom. The third-order valence-electron chi connectivity index (χ3n) is 3.41. The van der Waals surface area contributed by atoms with Gasteiger partial charge in [-0.15, -0.1) is 0 Å². The summed E-state index contributed by atoms with van der Waals surface area (Å²) in [6, 6.07) is 5.04. The van der Waals surface area contributed by atoms with E-state index in [1.54, 1.807) is 0 Å². The predicted octanol–water partition coefficient (Wildman–Crippen LogP) is 2.57. The van der Waals surface area contributed by atoms with Gasteiger partial charge < -0.3 is 10.1 Å². The molecule has 1 N–H and O–H groups in total. The van der Waals surface area contributed by atoms with Gasteiger partial charge in [0, 0.05) is 36.7 Å². The van der Waals surface area contributed by atoms with Gasteiger partial charge in [0.05, 0.1) is 13.2 Å². The van der Waals surface area contributed by atoms with E-state index in [2.05, 4.69) is 33.1 Å². The Morgan fingerprint density at radius 2 is 2.16 bits per heavy atom. The van der Waals surface area contributed by atoms with Gasteiger partial charge in [-0.05, 0) is 24.6 Å². The van der Waals surface area contributed by atoms with Crippen molar-refractivity contribution in [3.05, 3.63) is 34.1 Å². The van der Waals surface area contributed by atoms with Crippen LogP contribution in [0.5, 0.6) is 0 Å². The molecule has 106 valence electrons. The molecule has 0 aromatic heterocycles. The van der Waals surface area contributed by atoms with Gasteiger partial charge in [-0.3, -0.25) is 4.90 Å². The topological polar surface area (TPSA) is 24.5 Å². The van der Waals surface area contributed by atoms with Crippen molar-refractivity contribution >= 4 is 15.9 Å². The minimum absolute atomic E-state index is 0.205. The molecule has 0 bridgehead atoms. The lowest BCUT2D eigenvalue weighted by Crippen LogP contribution is -2.40. The molecule has 0 aliphatic carbocycles. The number of hydrogen-bond donors (Lipinski definition) is 1. The maximum Gasteiger partial charge on any atom is 0.124 e. The van der Waals surface area contributed by atoms with Crippen LogP contribution >= 0.6 is 15.9 Å². The molecule has 1 aliphatic heterocycles. The van der Waals surface area contributed by atoms with E-state index >= 15 is 0 Å². The molecule has 1 fully saturated rings. The summed E-state index contributed by atoms with van der Waals surface area (Å²) in [6.45, 7) is 7.72. The van der Waals surface area contributed by atoms with Crippen molar-refractivity contribution in [2.24, 2.45) is 0 Å². The summed E-state index contributed by atoms with van der Waals surface area (Å²) in [4.78, 5) is 2.39. The van der Waals surface area contributed by atoms with Crippen LogP contribution in [0.1, 0.15) is 18.5 Å². The molecule has 3 nitrogen and oxygen atoms in total. The summed E-state index contributed by atoms with van der Waals surface area (Å²) >= 11 is 3.41.